The number of hydrogen-bond acceptors (Lipinski definition) is 7. The Hall–Kier alpha value is -3.24. The van der Waals surface area contributed by atoms with E-state index in [9.17, 15) is 18.0 Å². The van der Waals surface area contributed by atoms with Crippen LogP contribution in [0.15, 0.2) is 64.9 Å². The van der Waals surface area contributed by atoms with Gasteiger partial charge in [0, 0.05) is 43.8 Å². The Morgan fingerprint density at radius 1 is 1.06 bits per heavy atom. The van der Waals surface area contributed by atoms with Gasteiger partial charge in [0.1, 0.15) is 10.8 Å². The summed E-state index contributed by atoms with van der Waals surface area (Å²) in [5.74, 6) is 0.426. The summed E-state index contributed by atoms with van der Waals surface area (Å²) in [5, 5.41) is 2.67. The van der Waals surface area contributed by atoms with E-state index in [-0.39, 0.29) is 29.4 Å². The van der Waals surface area contributed by atoms with Crippen LogP contribution in [0.2, 0.25) is 0 Å². The first-order valence-electron chi connectivity index (χ1n) is 11.2. The highest BCUT2D eigenvalue weighted by molar-refractivity contribution is 7.90. The Balaban J connectivity index is 1.56. The van der Waals surface area contributed by atoms with Gasteiger partial charge in [-0.15, -0.1) is 11.3 Å². The molecule has 1 unspecified atom stereocenters. The van der Waals surface area contributed by atoms with Crippen molar-refractivity contribution < 1.29 is 22.7 Å². The average Bonchev–Trinajstić information content (AvgIpc) is 3.22. The number of benzene rings is 2. The van der Waals surface area contributed by atoms with Gasteiger partial charge in [-0.3, -0.25) is 9.59 Å². The Morgan fingerprint density at radius 2 is 1.77 bits per heavy atom. The number of carbonyl (C=O) groups is 2. The molecule has 2 amide bonds. The van der Waals surface area contributed by atoms with Gasteiger partial charge in [-0.1, -0.05) is 30.3 Å². The van der Waals surface area contributed by atoms with Crippen LogP contribution in [0, 0.1) is 0 Å². The molecule has 184 valence electrons. The maximum absolute atomic E-state index is 13.2. The summed E-state index contributed by atoms with van der Waals surface area (Å²) in [6.07, 6.45) is 1.74. The second-order valence-electron chi connectivity index (χ2n) is 8.37. The molecule has 8 nitrogen and oxygen atoms in total. The van der Waals surface area contributed by atoms with Gasteiger partial charge < -0.3 is 14.5 Å². The number of sulfone groups is 1. The molecular formula is C25H27N3O5S2. The predicted octanol–water partition coefficient (Wildman–Crippen LogP) is 3.41. The maximum atomic E-state index is 13.2. The molecule has 1 aromatic heterocycles. The number of aromatic nitrogens is 1. The molecule has 2 aromatic carbocycles. The third kappa shape index (κ3) is 6.07. The number of nitrogens with zero attached hydrogens (tertiary/aromatic N) is 3. The van der Waals surface area contributed by atoms with E-state index in [0.29, 0.717) is 37.5 Å². The quantitative estimate of drug-likeness (QED) is 0.501. The van der Waals surface area contributed by atoms with Gasteiger partial charge in [-0.25, -0.2) is 13.4 Å². The minimum absolute atomic E-state index is 0.0237. The SMILES string of the molecule is CC(=O)N1CCC(c2nc(-c3ccc(S(C)(=O)=O)cc3)cs2)N(C(=O)COc2ccccc2)CC1. The van der Waals surface area contributed by atoms with Crippen LogP contribution in [0.5, 0.6) is 5.75 Å². The molecule has 3 aromatic rings. The average molecular weight is 514 g/mol. The number of rotatable bonds is 6. The van der Waals surface area contributed by atoms with Crippen molar-refractivity contribution in [1.29, 1.82) is 0 Å². The van der Waals surface area contributed by atoms with Crippen molar-refractivity contribution in [3.05, 3.63) is 65.0 Å². The zero-order valence-corrected chi connectivity index (χ0v) is 21.2. The zero-order chi connectivity index (χ0) is 25.0. The van der Waals surface area contributed by atoms with Crippen molar-refractivity contribution >= 4 is 33.0 Å². The summed E-state index contributed by atoms with van der Waals surface area (Å²) >= 11 is 1.45. The van der Waals surface area contributed by atoms with Crippen molar-refractivity contribution in [3.63, 3.8) is 0 Å². The van der Waals surface area contributed by atoms with Crippen molar-refractivity contribution in [2.45, 2.75) is 24.3 Å². The first-order valence-corrected chi connectivity index (χ1v) is 14.0. The highest BCUT2D eigenvalue weighted by atomic mass is 32.2. The molecule has 0 aliphatic carbocycles. The number of ether oxygens (including phenoxy) is 1. The van der Waals surface area contributed by atoms with Crippen LogP contribution in [0.3, 0.4) is 0 Å². The summed E-state index contributed by atoms with van der Waals surface area (Å²) in [6.45, 7) is 2.80. The maximum Gasteiger partial charge on any atom is 0.261 e. The molecular weight excluding hydrogens is 486 g/mol. The van der Waals surface area contributed by atoms with Gasteiger partial charge >= 0.3 is 0 Å². The van der Waals surface area contributed by atoms with Crippen molar-refractivity contribution in [3.8, 4) is 17.0 Å². The summed E-state index contributed by atoms with van der Waals surface area (Å²) in [4.78, 5) is 33.8. The van der Waals surface area contributed by atoms with Gasteiger partial charge in [0.05, 0.1) is 16.6 Å². The molecule has 1 aliphatic rings. The van der Waals surface area contributed by atoms with E-state index in [1.54, 1.807) is 46.2 Å². The van der Waals surface area contributed by atoms with E-state index >= 15 is 0 Å². The Morgan fingerprint density at radius 3 is 2.43 bits per heavy atom. The number of thiazole rings is 1. The molecule has 10 heteroatoms. The lowest BCUT2D eigenvalue weighted by Crippen LogP contribution is -2.40. The third-order valence-electron chi connectivity index (χ3n) is 5.92. The van der Waals surface area contributed by atoms with Crippen LogP contribution in [0.25, 0.3) is 11.3 Å². The lowest BCUT2D eigenvalue weighted by molar-refractivity contribution is -0.136. The molecule has 1 saturated heterocycles. The molecule has 0 bridgehead atoms. The second kappa shape index (κ2) is 10.6. The monoisotopic (exact) mass is 513 g/mol. The van der Waals surface area contributed by atoms with Crippen molar-refractivity contribution in [2.75, 3.05) is 32.5 Å². The van der Waals surface area contributed by atoms with Crippen LogP contribution in [-0.4, -0.2) is 67.5 Å². The Kier molecular flexibility index (Phi) is 7.51. The largest absolute Gasteiger partial charge is 0.484 e. The third-order valence-corrected chi connectivity index (χ3v) is 7.99. The predicted molar refractivity (Wildman–Crippen MR) is 134 cm³/mol. The molecule has 4 rings (SSSR count). The Labute approximate surface area is 209 Å². The number of para-hydroxylation sites is 1. The minimum atomic E-state index is -3.28. The van der Waals surface area contributed by atoms with E-state index in [1.807, 2.05) is 23.6 Å². The van der Waals surface area contributed by atoms with E-state index in [0.717, 1.165) is 10.6 Å². The Bertz CT molecular complexity index is 1290. The standard InChI is InChI=1S/C25H27N3O5S2/c1-18(29)27-13-12-23(28(15-14-27)24(30)16-33-20-6-4-3-5-7-20)25-26-22(17-34-25)19-8-10-21(11-9-19)35(2,31)32/h3-11,17,23H,12-16H2,1-2H3. The molecule has 35 heavy (non-hydrogen) atoms. The van der Waals surface area contributed by atoms with Crippen molar-refractivity contribution in [1.82, 2.24) is 14.8 Å². The fourth-order valence-electron chi connectivity index (χ4n) is 3.99. The second-order valence-corrected chi connectivity index (χ2v) is 11.3. The van der Waals surface area contributed by atoms with Gasteiger partial charge in [0.25, 0.3) is 5.91 Å². The van der Waals surface area contributed by atoms with E-state index in [2.05, 4.69) is 0 Å². The summed E-state index contributed by atoms with van der Waals surface area (Å²) in [5.41, 5.74) is 1.51. The van der Waals surface area contributed by atoms with Crippen LogP contribution in [-0.2, 0) is 19.4 Å². The highest BCUT2D eigenvalue weighted by Gasteiger charge is 2.32. The van der Waals surface area contributed by atoms with Gasteiger partial charge in [-0.05, 0) is 30.7 Å². The normalized spacial score (nSPS) is 16.6. The smallest absolute Gasteiger partial charge is 0.261 e. The molecule has 0 saturated carbocycles. The van der Waals surface area contributed by atoms with Crippen LogP contribution in [0.1, 0.15) is 24.4 Å². The molecule has 2 heterocycles. The lowest BCUT2D eigenvalue weighted by Gasteiger charge is -2.28. The number of hydrogen-bond donors (Lipinski definition) is 0. The summed E-state index contributed by atoms with van der Waals surface area (Å²) < 4.78 is 29.2. The molecule has 0 N–H and O–H groups in total. The fourth-order valence-corrected chi connectivity index (χ4v) is 5.60. The van der Waals surface area contributed by atoms with E-state index in [1.165, 1.54) is 24.5 Å². The molecule has 0 radical (unpaired) electrons. The van der Waals surface area contributed by atoms with Crippen LogP contribution >= 0.6 is 11.3 Å². The zero-order valence-electron chi connectivity index (χ0n) is 19.6. The van der Waals surface area contributed by atoms with E-state index in [4.69, 9.17) is 9.72 Å². The minimum Gasteiger partial charge on any atom is -0.484 e. The van der Waals surface area contributed by atoms with E-state index < -0.39 is 9.84 Å². The molecule has 1 fully saturated rings. The highest BCUT2D eigenvalue weighted by Crippen LogP contribution is 2.33. The van der Waals surface area contributed by atoms with Gasteiger partial charge in [0.2, 0.25) is 5.91 Å². The first kappa shape index (κ1) is 24.9. The topological polar surface area (TPSA) is 96.9 Å². The van der Waals surface area contributed by atoms with Crippen LogP contribution < -0.4 is 4.74 Å². The van der Waals surface area contributed by atoms with Gasteiger partial charge in [0.15, 0.2) is 16.4 Å². The fraction of sp³-hybridized carbons (Fsp3) is 0.320. The molecule has 1 aliphatic heterocycles. The molecule has 1 atom stereocenters. The number of amides is 2. The summed E-state index contributed by atoms with van der Waals surface area (Å²) in [6, 6.07) is 15.5. The van der Waals surface area contributed by atoms with Crippen LogP contribution in [0.4, 0.5) is 0 Å². The molecule has 0 spiro atoms. The lowest BCUT2D eigenvalue weighted by atomic mass is 10.1. The van der Waals surface area contributed by atoms with Crippen molar-refractivity contribution in [2.24, 2.45) is 0 Å². The first-order chi connectivity index (χ1) is 16.7. The van der Waals surface area contributed by atoms with Gasteiger partial charge in [-0.2, -0.15) is 0 Å². The number of carbonyl (C=O) groups excluding carboxylic acids is 2. The summed E-state index contributed by atoms with van der Waals surface area (Å²) in [7, 11) is -3.28.